The van der Waals surface area contributed by atoms with Gasteiger partial charge in [-0.15, -0.1) is 11.8 Å². The van der Waals surface area contributed by atoms with Crippen molar-refractivity contribution < 1.29 is 14.6 Å². The van der Waals surface area contributed by atoms with Crippen LogP contribution >= 0.6 is 11.8 Å². The average Bonchev–Trinajstić information content (AvgIpc) is 3.21. The first-order valence-corrected chi connectivity index (χ1v) is 11.3. The molecule has 0 bridgehead atoms. The lowest BCUT2D eigenvalue weighted by Gasteiger charge is -2.22. The highest BCUT2D eigenvalue weighted by atomic mass is 32.2. The van der Waals surface area contributed by atoms with Crippen LogP contribution in [0.3, 0.4) is 0 Å². The zero-order valence-electron chi connectivity index (χ0n) is 16.8. The van der Waals surface area contributed by atoms with Gasteiger partial charge < -0.3 is 14.7 Å². The molecule has 156 valence electrons. The molecule has 3 aromatic carbocycles. The molecular formula is C25H22N2O3S. The van der Waals surface area contributed by atoms with E-state index in [0.29, 0.717) is 19.0 Å². The fourth-order valence-corrected chi connectivity index (χ4v) is 4.88. The molecule has 0 spiro atoms. The number of phenolic OH excluding ortho intramolecular Hbond substituents is 1. The number of rotatable bonds is 5. The van der Waals surface area contributed by atoms with Crippen LogP contribution in [0.15, 0.2) is 88.8 Å². The van der Waals surface area contributed by atoms with Crippen molar-refractivity contribution >= 4 is 23.6 Å². The number of hydrogen-bond donors (Lipinski definition) is 1. The van der Waals surface area contributed by atoms with Crippen LogP contribution in [0, 0.1) is 0 Å². The highest BCUT2D eigenvalue weighted by molar-refractivity contribution is 7.99. The number of nitrogens with zero attached hydrogens (tertiary/aromatic N) is 2. The van der Waals surface area contributed by atoms with Gasteiger partial charge in [-0.25, -0.2) is 4.99 Å². The lowest BCUT2D eigenvalue weighted by atomic mass is 9.99. The van der Waals surface area contributed by atoms with Crippen LogP contribution in [0.2, 0.25) is 0 Å². The second-order valence-corrected chi connectivity index (χ2v) is 8.75. The summed E-state index contributed by atoms with van der Waals surface area (Å²) in [5, 5.41) is 9.57. The number of phenols is 1. The number of fused-ring (bicyclic) bond motifs is 3. The lowest BCUT2D eigenvalue weighted by molar-refractivity contribution is -0.133. The number of aliphatic imine (C=N–C) groups is 1. The third kappa shape index (κ3) is 4.03. The molecule has 2 aliphatic rings. The van der Waals surface area contributed by atoms with Gasteiger partial charge >= 0.3 is 0 Å². The van der Waals surface area contributed by atoms with Crippen LogP contribution in [0.4, 0.5) is 0 Å². The lowest BCUT2D eigenvalue weighted by Crippen LogP contribution is -2.38. The molecule has 3 aromatic rings. The van der Waals surface area contributed by atoms with Gasteiger partial charge in [0.15, 0.2) is 12.1 Å². The summed E-state index contributed by atoms with van der Waals surface area (Å²) in [6.07, 6.45) is -0.431. The van der Waals surface area contributed by atoms with Gasteiger partial charge in [0.2, 0.25) is 5.90 Å². The van der Waals surface area contributed by atoms with E-state index in [4.69, 9.17) is 4.74 Å². The van der Waals surface area contributed by atoms with Crippen LogP contribution in [-0.2, 0) is 16.1 Å². The van der Waals surface area contributed by atoms with Crippen LogP contribution in [0.1, 0.15) is 22.8 Å². The Balaban J connectivity index is 1.40. The van der Waals surface area contributed by atoms with Crippen LogP contribution < -0.4 is 0 Å². The summed E-state index contributed by atoms with van der Waals surface area (Å²) >= 11 is 1.74. The summed E-state index contributed by atoms with van der Waals surface area (Å²) < 4.78 is 6.21. The Bertz CT molecular complexity index is 1120. The third-order valence-corrected chi connectivity index (χ3v) is 6.55. The second kappa shape index (κ2) is 8.47. The molecule has 1 amide bonds. The fourth-order valence-electron chi connectivity index (χ4n) is 3.98. The summed E-state index contributed by atoms with van der Waals surface area (Å²) in [7, 11) is 0. The van der Waals surface area contributed by atoms with Crippen molar-refractivity contribution in [3.05, 3.63) is 95.6 Å². The van der Waals surface area contributed by atoms with Crippen molar-refractivity contribution in [2.24, 2.45) is 4.99 Å². The molecule has 0 fully saturated rings. The highest BCUT2D eigenvalue weighted by Crippen LogP contribution is 2.37. The Morgan fingerprint density at radius 1 is 1.00 bits per heavy atom. The van der Waals surface area contributed by atoms with Gasteiger partial charge in [-0.2, -0.15) is 0 Å². The molecule has 0 saturated heterocycles. The number of carbonyl (C=O) groups is 1. The largest absolute Gasteiger partial charge is 0.508 e. The minimum Gasteiger partial charge on any atom is -0.508 e. The predicted molar refractivity (Wildman–Crippen MR) is 121 cm³/mol. The van der Waals surface area contributed by atoms with Gasteiger partial charge in [0, 0.05) is 34.9 Å². The summed E-state index contributed by atoms with van der Waals surface area (Å²) in [4.78, 5) is 21.2. The Morgan fingerprint density at radius 3 is 2.55 bits per heavy atom. The maximum atomic E-state index is 13.5. The summed E-state index contributed by atoms with van der Waals surface area (Å²) in [6, 6.07) is 24.4. The van der Waals surface area contributed by atoms with Crippen LogP contribution in [0.25, 0.3) is 0 Å². The monoisotopic (exact) mass is 430 g/mol. The molecule has 5 nitrogen and oxygen atoms in total. The van der Waals surface area contributed by atoms with E-state index in [-0.39, 0.29) is 11.7 Å². The van der Waals surface area contributed by atoms with Crippen molar-refractivity contribution in [3.63, 3.8) is 0 Å². The quantitative estimate of drug-likeness (QED) is 0.609. The molecule has 31 heavy (non-hydrogen) atoms. The normalized spacial score (nSPS) is 19.8. The zero-order valence-corrected chi connectivity index (χ0v) is 17.7. The minimum atomic E-state index is -0.603. The van der Waals surface area contributed by atoms with Gasteiger partial charge in [-0.3, -0.25) is 4.79 Å². The maximum absolute atomic E-state index is 13.5. The predicted octanol–water partition coefficient (Wildman–Crippen LogP) is 4.41. The zero-order chi connectivity index (χ0) is 21.2. The Kier molecular flexibility index (Phi) is 5.38. The molecule has 1 unspecified atom stereocenters. The number of benzene rings is 3. The number of thioether (sulfide) groups is 1. The Hall–Kier alpha value is -3.25. The van der Waals surface area contributed by atoms with E-state index in [1.54, 1.807) is 36.0 Å². The van der Waals surface area contributed by atoms with Crippen molar-refractivity contribution in [1.82, 2.24) is 4.90 Å². The van der Waals surface area contributed by atoms with Crippen molar-refractivity contribution in [3.8, 4) is 5.75 Å². The number of carbonyl (C=O) groups excluding carboxylic acids is 1. The molecule has 0 aromatic heterocycles. The van der Waals surface area contributed by atoms with E-state index < -0.39 is 12.1 Å². The highest BCUT2D eigenvalue weighted by Gasteiger charge is 2.43. The summed E-state index contributed by atoms with van der Waals surface area (Å²) in [6.45, 7) is 1.20. The van der Waals surface area contributed by atoms with Gasteiger partial charge in [0.05, 0.1) is 0 Å². The van der Waals surface area contributed by atoms with Crippen LogP contribution in [0.5, 0.6) is 5.75 Å². The summed E-state index contributed by atoms with van der Waals surface area (Å²) in [5.41, 5.74) is 2.86. The molecule has 2 atom stereocenters. The Morgan fingerprint density at radius 2 is 1.74 bits per heavy atom. The fraction of sp³-hybridized carbons (Fsp3) is 0.200. The SMILES string of the molecule is O=C1C2N=C(c3ccc(O)cc3)O[C@H]2c2ccccc2CN1CCSc1ccccc1. The number of ether oxygens (including phenoxy) is 1. The van der Waals surface area contributed by atoms with E-state index in [2.05, 4.69) is 23.2 Å². The first-order valence-electron chi connectivity index (χ1n) is 10.3. The number of hydrogen-bond acceptors (Lipinski definition) is 5. The van der Waals surface area contributed by atoms with Crippen LogP contribution in [-0.4, -0.2) is 40.2 Å². The molecule has 5 rings (SSSR count). The Labute approximate surface area is 185 Å². The average molecular weight is 431 g/mol. The van der Waals surface area contributed by atoms with Gasteiger partial charge in [-0.05, 0) is 42.0 Å². The maximum Gasteiger partial charge on any atom is 0.252 e. The molecule has 2 heterocycles. The van der Waals surface area contributed by atoms with E-state index in [0.717, 1.165) is 22.4 Å². The van der Waals surface area contributed by atoms with E-state index in [1.807, 2.05) is 41.3 Å². The van der Waals surface area contributed by atoms with Gasteiger partial charge in [0.1, 0.15) is 5.75 Å². The number of amides is 1. The first-order chi connectivity index (χ1) is 15.2. The topological polar surface area (TPSA) is 62.1 Å². The smallest absolute Gasteiger partial charge is 0.252 e. The number of aromatic hydroxyl groups is 1. The minimum absolute atomic E-state index is 0.0105. The van der Waals surface area contributed by atoms with Crippen molar-refractivity contribution in [2.45, 2.75) is 23.6 Å². The molecule has 0 saturated carbocycles. The van der Waals surface area contributed by atoms with Crippen molar-refractivity contribution in [2.75, 3.05) is 12.3 Å². The first kappa shape index (κ1) is 19.7. The van der Waals surface area contributed by atoms with Crippen molar-refractivity contribution in [1.29, 1.82) is 0 Å². The van der Waals surface area contributed by atoms with Gasteiger partial charge in [-0.1, -0.05) is 42.5 Å². The molecule has 0 radical (unpaired) electrons. The third-order valence-electron chi connectivity index (χ3n) is 5.56. The van der Waals surface area contributed by atoms with E-state index in [1.165, 1.54) is 4.90 Å². The molecule has 6 heteroatoms. The molecular weight excluding hydrogens is 408 g/mol. The molecule has 1 N–H and O–H groups in total. The van der Waals surface area contributed by atoms with E-state index in [9.17, 15) is 9.90 Å². The second-order valence-electron chi connectivity index (χ2n) is 7.58. The molecule has 2 aliphatic heterocycles. The standard InChI is InChI=1S/C25H22N2O3S/c28-19-12-10-17(11-13-19)24-26-22-23(30-24)21-9-5-4-6-18(21)16-27(25(22)29)14-15-31-20-7-2-1-3-8-20/h1-13,22-23,28H,14-16H2/t22?,23-/m0/s1. The molecule has 0 aliphatic carbocycles. The van der Waals surface area contributed by atoms with E-state index >= 15 is 0 Å². The van der Waals surface area contributed by atoms with Gasteiger partial charge in [0.25, 0.3) is 5.91 Å². The summed E-state index contributed by atoms with van der Waals surface area (Å²) in [5.74, 6) is 1.42.